The van der Waals surface area contributed by atoms with Crippen LogP contribution in [0.4, 0.5) is 0 Å². The van der Waals surface area contributed by atoms with Gasteiger partial charge < -0.3 is 14.5 Å². The SMILES string of the molecule is CCC(C)O[C@H]1NC(=O)[C@@H]1[C@@H](C)O[Si](C)(C)C(C)(C)C. The molecule has 0 radical (unpaired) electrons. The van der Waals surface area contributed by atoms with Crippen molar-refractivity contribution in [1.82, 2.24) is 5.32 Å². The summed E-state index contributed by atoms with van der Waals surface area (Å²) in [6.07, 6.45) is 0.801. The van der Waals surface area contributed by atoms with Crippen molar-refractivity contribution in [2.45, 2.75) is 84.5 Å². The van der Waals surface area contributed by atoms with Gasteiger partial charge in [-0.3, -0.25) is 4.79 Å². The van der Waals surface area contributed by atoms with Crippen molar-refractivity contribution in [3.05, 3.63) is 0 Å². The molecule has 1 aliphatic rings. The van der Waals surface area contributed by atoms with Gasteiger partial charge in [0.1, 0.15) is 12.1 Å². The average Bonchev–Trinajstić information content (AvgIpc) is 2.25. The van der Waals surface area contributed by atoms with E-state index in [1.165, 1.54) is 0 Å². The van der Waals surface area contributed by atoms with Crippen LogP contribution in [0.15, 0.2) is 0 Å². The zero-order chi connectivity index (χ0) is 15.7. The van der Waals surface area contributed by atoms with E-state index in [0.717, 1.165) is 6.42 Å². The number of amides is 1. The van der Waals surface area contributed by atoms with E-state index in [2.05, 4.69) is 46.1 Å². The minimum atomic E-state index is -1.86. The average molecular weight is 302 g/mol. The topological polar surface area (TPSA) is 47.6 Å². The van der Waals surface area contributed by atoms with Gasteiger partial charge in [0.15, 0.2) is 8.32 Å². The summed E-state index contributed by atoms with van der Waals surface area (Å²) < 4.78 is 12.2. The number of carbonyl (C=O) groups excluding carboxylic acids is 1. The van der Waals surface area contributed by atoms with Gasteiger partial charge in [-0.05, 0) is 38.4 Å². The lowest BCUT2D eigenvalue weighted by molar-refractivity contribution is -0.168. The van der Waals surface area contributed by atoms with Crippen molar-refractivity contribution >= 4 is 14.2 Å². The molecule has 4 atom stereocenters. The van der Waals surface area contributed by atoms with E-state index in [1.54, 1.807) is 0 Å². The van der Waals surface area contributed by atoms with Crippen LogP contribution in [0, 0.1) is 5.92 Å². The van der Waals surface area contributed by atoms with Crippen molar-refractivity contribution < 1.29 is 14.0 Å². The minimum absolute atomic E-state index is 0.0458. The number of hydrogen-bond donors (Lipinski definition) is 1. The van der Waals surface area contributed by atoms with Crippen molar-refractivity contribution in [1.29, 1.82) is 0 Å². The van der Waals surface area contributed by atoms with Crippen LogP contribution in [0.5, 0.6) is 0 Å². The molecule has 1 saturated heterocycles. The summed E-state index contributed by atoms with van der Waals surface area (Å²) in [4.78, 5) is 11.8. The molecule has 4 nitrogen and oxygen atoms in total. The highest BCUT2D eigenvalue weighted by Crippen LogP contribution is 2.39. The van der Waals surface area contributed by atoms with Gasteiger partial charge in [-0.1, -0.05) is 27.7 Å². The zero-order valence-electron chi connectivity index (χ0n) is 14.2. The normalized spacial score (nSPS) is 26.7. The first-order valence-electron chi connectivity index (χ1n) is 7.63. The van der Waals surface area contributed by atoms with E-state index < -0.39 is 8.32 Å². The molecule has 0 aromatic rings. The molecule has 0 aromatic heterocycles. The molecule has 1 N–H and O–H groups in total. The number of carbonyl (C=O) groups is 1. The van der Waals surface area contributed by atoms with Gasteiger partial charge in [0, 0.05) is 0 Å². The van der Waals surface area contributed by atoms with Crippen LogP contribution in [0.1, 0.15) is 48.0 Å². The van der Waals surface area contributed by atoms with Crippen molar-refractivity contribution in [2.24, 2.45) is 5.92 Å². The van der Waals surface area contributed by atoms with Crippen molar-refractivity contribution in [3.63, 3.8) is 0 Å². The monoisotopic (exact) mass is 301 g/mol. The highest BCUT2D eigenvalue weighted by atomic mass is 28.4. The number of ether oxygens (including phenoxy) is 1. The van der Waals surface area contributed by atoms with Crippen LogP contribution in [-0.2, 0) is 14.0 Å². The van der Waals surface area contributed by atoms with Gasteiger partial charge in [-0.25, -0.2) is 0 Å². The summed E-state index contributed by atoms with van der Waals surface area (Å²) in [5, 5.41) is 2.99. The Morgan fingerprint density at radius 2 is 1.85 bits per heavy atom. The molecular formula is C15H31NO3Si. The molecule has 0 aromatic carbocycles. The number of β-lactam (4-membered cyclic amide) rings is 1. The van der Waals surface area contributed by atoms with Gasteiger partial charge >= 0.3 is 0 Å². The Balaban J connectivity index is 2.66. The summed E-state index contributed by atoms with van der Waals surface area (Å²) in [6.45, 7) is 17.2. The fraction of sp³-hybridized carbons (Fsp3) is 0.933. The summed E-state index contributed by atoms with van der Waals surface area (Å²) in [5.74, 6) is -0.136. The smallest absolute Gasteiger partial charge is 0.232 e. The molecule has 0 aliphatic carbocycles. The quantitative estimate of drug-likeness (QED) is 0.605. The maximum atomic E-state index is 11.8. The molecule has 0 saturated carbocycles. The van der Waals surface area contributed by atoms with E-state index in [1.807, 2.05) is 13.8 Å². The van der Waals surface area contributed by atoms with E-state index in [4.69, 9.17) is 9.16 Å². The molecule has 20 heavy (non-hydrogen) atoms. The van der Waals surface area contributed by atoms with Crippen LogP contribution >= 0.6 is 0 Å². The third-order valence-corrected chi connectivity index (χ3v) is 9.23. The third-order valence-electron chi connectivity index (χ3n) is 4.66. The summed E-state index contributed by atoms with van der Waals surface area (Å²) in [6, 6.07) is 0. The minimum Gasteiger partial charge on any atom is -0.413 e. The van der Waals surface area contributed by atoms with E-state index in [9.17, 15) is 4.79 Å². The molecule has 1 rings (SSSR count). The third kappa shape index (κ3) is 3.83. The standard InChI is InChI=1S/C15H31NO3Si/c1-9-10(2)18-14-12(13(17)16-14)11(3)19-20(7,8)15(4,5)6/h10-12,14H,9H2,1-8H3,(H,16,17)/t10?,11-,12+,14-/m1/s1. The predicted molar refractivity (Wildman–Crippen MR) is 84.0 cm³/mol. The maximum Gasteiger partial charge on any atom is 0.232 e. The lowest BCUT2D eigenvalue weighted by atomic mass is 9.93. The Kier molecular flexibility index (Phi) is 5.44. The van der Waals surface area contributed by atoms with Crippen LogP contribution in [-0.4, -0.2) is 32.7 Å². The van der Waals surface area contributed by atoms with Gasteiger partial charge in [-0.2, -0.15) is 0 Å². The van der Waals surface area contributed by atoms with Crippen LogP contribution < -0.4 is 5.32 Å². The summed E-state index contributed by atoms with van der Waals surface area (Å²) in [5.41, 5.74) is 0. The fourth-order valence-corrected chi connectivity index (χ4v) is 3.44. The molecule has 5 heteroatoms. The van der Waals surface area contributed by atoms with Gasteiger partial charge in [0.25, 0.3) is 0 Å². The Bertz CT molecular complexity index is 352. The molecular weight excluding hydrogens is 270 g/mol. The highest BCUT2D eigenvalue weighted by molar-refractivity contribution is 6.74. The number of rotatable bonds is 6. The van der Waals surface area contributed by atoms with Gasteiger partial charge in [-0.15, -0.1) is 0 Å². The molecule has 1 amide bonds. The number of nitrogens with one attached hydrogen (secondary N) is 1. The Labute approximate surface area is 124 Å². The highest BCUT2D eigenvalue weighted by Gasteiger charge is 2.48. The van der Waals surface area contributed by atoms with Crippen molar-refractivity contribution in [2.75, 3.05) is 0 Å². The molecule has 1 fully saturated rings. The largest absolute Gasteiger partial charge is 0.413 e. The molecule has 0 spiro atoms. The lowest BCUT2D eigenvalue weighted by Crippen LogP contribution is -2.65. The lowest BCUT2D eigenvalue weighted by Gasteiger charge is -2.45. The molecule has 1 aliphatic heterocycles. The number of hydrogen-bond acceptors (Lipinski definition) is 3. The predicted octanol–water partition coefficient (Wildman–Crippen LogP) is 3.28. The van der Waals surface area contributed by atoms with Gasteiger partial charge in [0.2, 0.25) is 5.91 Å². The van der Waals surface area contributed by atoms with Gasteiger partial charge in [0.05, 0.1) is 12.2 Å². The first-order valence-corrected chi connectivity index (χ1v) is 10.5. The second-order valence-corrected chi connectivity index (χ2v) is 12.1. The molecule has 1 heterocycles. The maximum absolute atomic E-state index is 11.8. The first kappa shape index (κ1) is 17.7. The second-order valence-electron chi connectivity index (χ2n) is 7.39. The molecule has 118 valence electrons. The Morgan fingerprint density at radius 3 is 2.25 bits per heavy atom. The van der Waals surface area contributed by atoms with Crippen molar-refractivity contribution in [3.8, 4) is 0 Å². The molecule has 0 bridgehead atoms. The second kappa shape index (κ2) is 6.16. The first-order chi connectivity index (χ1) is 8.99. The zero-order valence-corrected chi connectivity index (χ0v) is 15.2. The van der Waals surface area contributed by atoms with Crippen LogP contribution in [0.25, 0.3) is 0 Å². The Hall–Kier alpha value is -0.393. The van der Waals surface area contributed by atoms with Crippen LogP contribution in [0.3, 0.4) is 0 Å². The summed E-state index contributed by atoms with van der Waals surface area (Å²) in [7, 11) is -1.86. The fourth-order valence-electron chi connectivity index (χ4n) is 2.01. The summed E-state index contributed by atoms with van der Waals surface area (Å²) >= 11 is 0. The van der Waals surface area contributed by atoms with E-state index in [0.29, 0.717) is 0 Å². The van der Waals surface area contributed by atoms with E-state index >= 15 is 0 Å². The molecule has 1 unspecified atom stereocenters. The Morgan fingerprint density at radius 1 is 1.30 bits per heavy atom. The van der Waals surface area contributed by atoms with Crippen LogP contribution in [0.2, 0.25) is 18.1 Å². The van der Waals surface area contributed by atoms with E-state index in [-0.39, 0.29) is 35.3 Å².